The Balaban J connectivity index is 0.000000625. The number of likely N-dealkylation sites (tertiary alicyclic amines) is 2. The van der Waals surface area contributed by atoms with Gasteiger partial charge in [-0.05, 0) is 80.2 Å². The molecule has 4 unspecified atom stereocenters. The number of azide groups is 1. The third-order valence-electron chi connectivity index (χ3n) is 13.5. The summed E-state index contributed by atoms with van der Waals surface area (Å²) in [5.41, 5.74) is 12.8. The molecule has 81 heavy (non-hydrogen) atoms. The second-order valence-electron chi connectivity index (χ2n) is 21.9. The van der Waals surface area contributed by atoms with Gasteiger partial charge in [0.15, 0.2) is 6.04 Å². The fourth-order valence-electron chi connectivity index (χ4n) is 9.58. The quantitative estimate of drug-likeness (QED) is 0.0216. The van der Waals surface area contributed by atoms with Crippen molar-refractivity contribution in [3.8, 4) is 0 Å². The summed E-state index contributed by atoms with van der Waals surface area (Å²) in [7, 11) is 1.40. The van der Waals surface area contributed by atoms with Crippen LogP contribution in [-0.2, 0) is 47.8 Å². The van der Waals surface area contributed by atoms with Crippen LogP contribution in [0.25, 0.3) is 10.4 Å². The third kappa shape index (κ3) is 21.5. The molecule has 6 aliphatic rings. The van der Waals surface area contributed by atoms with Gasteiger partial charge in [-0.25, -0.2) is 24.2 Å². The highest BCUT2D eigenvalue weighted by Gasteiger charge is 2.54. The Morgan fingerprint density at radius 3 is 1.62 bits per heavy atom. The van der Waals surface area contributed by atoms with Crippen molar-refractivity contribution >= 4 is 36.5 Å². The van der Waals surface area contributed by atoms with E-state index in [0.29, 0.717) is 32.4 Å². The van der Waals surface area contributed by atoms with Gasteiger partial charge in [0.05, 0.1) is 82.2 Å². The van der Waals surface area contributed by atoms with Crippen molar-refractivity contribution in [1.82, 2.24) is 15.1 Å². The molecule has 6 aliphatic heterocycles. The second-order valence-corrected chi connectivity index (χ2v) is 21.9. The summed E-state index contributed by atoms with van der Waals surface area (Å²) in [6, 6.07) is -4.14. The highest BCUT2D eigenvalue weighted by molar-refractivity contribution is 5.87. The standard InChI is InChI=1S/C23H37N5O9.C14H21NO5.C10H21NO5.C3H8O3.CH4.ClH/c1-11(29)14(20-18(32)17(31)16(30)13(36-20)9-25-27-24)26-21(33)15-19-12(7-5-6-8-35-19)10-28(15)22(34)37-23(2,3)4;1-14(2,3)20-13(18)15-8-9-6-4-5-7-19-11(9)10(15)12(16)17;1-3-5-7(13)8(14)9(15)10(16-5)6(11)4(2)12;1-5-6-3-2-4;;/h5-6,11-20,29-32H,7-10H2,1-4H3,(H,26,33);4-5,9-11H,6-8H2,1-3H3,(H,16,17);4-10,12-15H,3,11H2,1-2H3;4H,2-3H2,1H3;1H4;1H/t11-,12+,13?,14-,15+,16+,17+,18?,19-,20-;9-,10-,11+;4-,5?,6-,7+,8+,9?,10-;;;/m101.../s1. The SMILES string of the molecule is C.CC(C)(C)OC(=O)N1C[C@@H]2CC=CCO[C@H]2[C@H]1C(=O)O.CCC1O[C@H]([C@H](N)[C@@H](C)O)C(O)[C@@H](O)[C@H]1O.COOCCO.C[C@@H](O)[C@@H](NC(=O)[C@@H]1[C@@H]2OCC=CC[C@H]2CN1C(=O)OC(C)(C)C)[C@H]1OC(CN=[N+]=[N-])[C@H](O)[C@H](O)C1O.Cl. The number of amides is 3. The fraction of sp³-hybridized carbons (Fsp3) is 0.843. The number of carbonyl (C=O) groups excluding carboxylic acids is 3. The maximum Gasteiger partial charge on any atom is 0.411 e. The lowest BCUT2D eigenvalue weighted by Gasteiger charge is -2.44. The number of aliphatic hydroxyl groups excluding tert-OH is 9. The molecule has 4 saturated heterocycles. The van der Waals surface area contributed by atoms with E-state index in [1.54, 1.807) is 48.5 Å². The van der Waals surface area contributed by atoms with Gasteiger partial charge in [0.2, 0.25) is 5.91 Å². The number of hydrogen-bond acceptors (Lipinski definition) is 23. The highest BCUT2D eigenvalue weighted by atomic mass is 35.5. The Morgan fingerprint density at radius 1 is 0.753 bits per heavy atom. The lowest BCUT2D eigenvalue weighted by molar-refractivity contribution is -0.275. The predicted octanol–water partition coefficient (Wildman–Crippen LogP) is -0.186. The van der Waals surface area contributed by atoms with E-state index in [2.05, 4.69) is 25.1 Å². The average Bonchev–Trinajstić information content (AvgIpc) is 3.77. The minimum Gasteiger partial charge on any atom is -0.480 e. The van der Waals surface area contributed by atoms with E-state index in [4.69, 9.17) is 44.8 Å². The maximum absolute atomic E-state index is 13.7. The number of nitrogens with zero attached hydrogens (tertiary/aromatic N) is 5. The normalized spacial score (nSPS) is 32.9. The molecule has 0 bridgehead atoms. The number of carboxylic acid groups (broad SMARTS) is 1. The zero-order valence-electron chi connectivity index (χ0n) is 47.0. The zero-order valence-corrected chi connectivity index (χ0v) is 47.8. The number of carbonyl (C=O) groups is 4. The van der Waals surface area contributed by atoms with Crippen molar-refractivity contribution in [2.75, 3.05) is 53.2 Å². The van der Waals surface area contributed by atoms with Crippen LogP contribution >= 0.6 is 12.4 Å². The molecule has 0 saturated carbocycles. The molecule has 30 heteroatoms. The summed E-state index contributed by atoms with van der Waals surface area (Å²) in [6.45, 7) is 16.2. The van der Waals surface area contributed by atoms with Crippen LogP contribution < -0.4 is 11.1 Å². The summed E-state index contributed by atoms with van der Waals surface area (Å²) in [5.74, 6) is -1.89. The third-order valence-corrected chi connectivity index (χ3v) is 13.5. The molecular formula is C51H92ClN7O22. The number of rotatable bonds is 13. The molecule has 0 aliphatic carbocycles. The summed E-state index contributed by atoms with van der Waals surface area (Å²) in [6.07, 6.45) is -7.80. The first-order chi connectivity index (χ1) is 37.0. The predicted molar refractivity (Wildman–Crippen MR) is 290 cm³/mol. The van der Waals surface area contributed by atoms with E-state index in [1.165, 1.54) is 30.8 Å². The van der Waals surface area contributed by atoms with Gasteiger partial charge in [-0.2, -0.15) is 0 Å². The first kappa shape index (κ1) is 74.9. The van der Waals surface area contributed by atoms with Crippen molar-refractivity contribution in [2.45, 2.75) is 210 Å². The van der Waals surface area contributed by atoms with Crippen LogP contribution in [0.1, 0.15) is 89.0 Å². The second kappa shape index (κ2) is 34.6. The van der Waals surface area contributed by atoms with E-state index in [0.717, 1.165) is 0 Å². The maximum atomic E-state index is 13.7. The number of aliphatic carboxylic acids is 1. The van der Waals surface area contributed by atoms with E-state index < -0.39 is 145 Å². The minimum atomic E-state index is -1.69. The summed E-state index contributed by atoms with van der Waals surface area (Å²) in [4.78, 5) is 63.9. The number of ether oxygens (including phenoxy) is 6. The summed E-state index contributed by atoms with van der Waals surface area (Å²) < 4.78 is 33.4. The van der Waals surface area contributed by atoms with Gasteiger partial charge in [0.25, 0.3) is 0 Å². The molecule has 20 atom stereocenters. The number of nitrogens with one attached hydrogen (secondary N) is 1. The Kier molecular flexibility index (Phi) is 32.0. The molecule has 0 aromatic rings. The molecule has 0 spiro atoms. The monoisotopic (exact) mass is 1190 g/mol. The number of allylic oxidation sites excluding steroid dienone is 2. The van der Waals surface area contributed by atoms with E-state index in [1.807, 2.05) is 24.3 Å². The first-order valence-electron chi connectivity index (χ1n) is 26.3. The number of halogens is 1. The van der Waals surface area contributed by atoms with Gasteiger partial charge in [0, 0.05) is 29.8 Å². The van der Waals surface area contributed by atoms with Crippen LogP contribution in [-0.4, -0.2) is 259 Å². The number of fused-ring (bicyclic) bond motifs is 2. The largest absolute Gasteiger partial charge is 0.480 e. The molecule has 4 fully saturated rings. The van der Waals surface area contributed by atoms with Crippen molar-refractivity contribution in [1.29, 1.82) is 0 Å². The smallest absolute Gasteiger partial charge is 0.411 e. The number of hydrogen-bond donors (Lipinski definition) is 12. The van der Waals surface area contributed by atoms with Crippen LogP contribution in [0.15, 0.2) is 29.4 Å². The topological polar surface area (TPSA) is 438 Å². The van der Waals surface area contributed by atoms with E-state index in [9.17, 15) is 65.1 Å². The van der Waals surface area contributed by atoms with E-state index >= 15 is 0 Å². The molecule has 29 nitrogen and oxygen atoms in total. The highest BCUT2D eigenvalue weighted by Crippen LogP contribution is 2.35. The van der Waals surface area contributed by atoms with Crippen LogP contribution in [0.3, 0.4) is 0 Å². The van der Waals surface area contributed by atoms with Crippen LogP contribution in [0, 0.1) is 11.8 Å². The molecule has 470 valence electrons. The van der Waals surface area contributed by atoms with Gasteiger partial charge >= 0.3 is 18.2 Å². The number of nitrogens with two attached hydrogens (primary N) is 1. The van der Waals surface area contributed by atoms with Gasteiger partial charge in [-0.3, -0.25) is 14.6 Å². The molecule has 0 aromatic heterocycles. The summed E-state index contributed by atoms with van der Waals surface area (Å²) in [5, 5.41) is 103. The Morgan fingerprint density at radius 2 is 1.21 bits per heavy atom. The average molecular weight is 1190 g/mol. The van der Waals surface area contributed by atoms with Crippen molar-refractivity contribution in [3.63, 3.8) is 0 Å². The van der Waals surface area contributed by atoms with Crippen LogP contribution in [0.4, 0.5) is 9.59 Å². The van der Waals surface area contributed by atoms with Gasteiger partial charge in [-0.15, -0.1) is 12.4 Å². The van der Waals surface area contributed by atoms with Gasteiger partial charge in [0.1, 0.15) is 72.7 Å². The Hall–Kier alpha value is -4.08. The lowest BCUT2D eigenvalue weighted by atomic mass is 9.89. The molecule has 3 amide bonds. The summed E-state index contributed by atoms with van der Waals surface area (Å²) >= 11 is 0. The number of aliphatic hydroxyl groups is 9. The molecule has 0 aromatic carbocycles. The first-order valence-corrected chi connectivity index (χ1v) is 26.3. The minimum absolute atomic E-state index is 0. The van der Waals surface area contributed by atoms with Crippen LogP contribution in [0.2, 0.25) is 0 Å². The van der Waals surface area contributed by atoms with Gasteiger partial charge in [-0.1, -0.05) is 43.8 Å². The van der Waals surface area contributed by atoms with Crippen LogP contribution in [0.5, 0.6) is 0 Å². The zero-order chi connectivity index (χ0) is 59.7. The van der Waals surface area contributed by atoms with E-state index in [-0.39, 0.29) is 64.6 Å². The Bertz CT molecular complexity index is 2020. The van der Waals surface area contributed by atoms with Gasteiger partial charge < -0.3 is 90.5 Å². The fourth-order valence-corrected chi connectivity index (χ4v) is 9.58. The molecule has 6 rings (SSSR count). The van der Waals surface area contributed by atoms with Crippen molar-refractivity contribution < 1.29 is 108 Å². The lowest BCUT2D eigenvalue weighted by Crippen LogP contribution is -2.67. The number of carboxylic acids is 1. The molecular weight excluding hydrogens is 1100 g/mol. The van der Waals surface area contributed by atoms with Crippen molar-refractivity contribution in [3.05, 3.63) is 34.7 Å². The Labute approximate surface area is 479 Å². The molecule has 0 radical (unpaired) electrons. The molecule has 6 heterocycles. The molecule has 13 N–H and O–H groups in total. The van der Waals surface area contributed by atoms with Crippen molar-refractivity contribution in [2.24, 2.45) is 22.7 Å².